The lowest BCUT2D eigenvalue weighted by molar-refractivity contribution is -0.144. The molecule has 1 aliphatic carbocycles. The highest BCUT2D eigenvalue weighted by atomic mass is 16.4. The number of rotatable bonds is 2. The molecule has 0 aromatic heterocycles. The van der Waals surface area contributed by atoms with Gasteiger partial charge in [-0.15, -0.1) is 0 Å². The highest BCUT2D eigenvalue weighted by Gasteiger charge is 2.39. The average molecular weight is 239 g/mol. The molecule has 98 valence electrons. The minimum absolute atomic E-state index is 0.226. The summed E-state index contributed by atoms with van der Waals surface area (Å²) >= 11 is 0. The molecule has 3 nitrogen and oxygen atoms in total. The molecule has 0 amide bonds. The van der Waals surface area contributed by atoms with Gasteiger partial charge in [0.1, 0.15) is 6.04 Å². The van der Waals surface area contributed by atoms with E-state index in [1.165, 1.54) is 25.7 Å². The van der Waals surface area contributed by atoms with Crippen molar-refractivity contribution >= 4 is 5.97 Å². The maximum Gasteiger partial charge on any atom is 0.320 e. The third-order valence-electron chi connectivity index (χ3n) is 4.49. The first-order chi connectivity index (χ1) is 7.99. The molecule has 0 bridgehead atoms. The Balaban J connectivity index is 2.07. The van der Waals surface area contributed by atoms with Crippen LogP contribution in [0, 0.1) is 5.41 Å². The van der Waals surface area contributed by atoms with Gasteiger partial charge >= 0.3 is 5.97 Å². The molecule has 1 saturated carbocycles. The van der Waals surface area contributed by atoms with Gasteiger partial charge in [0.05, 0.1) is 0 Å². The summed E-state index contributed by atoms with van der Waals surface area (Å²) in [5.74, 6) is -0.614. The second-order valence-electron chi connectivity index (χ2n) is 6.50. The van der Waals surface area contributed by atoms with E-state index in [9.17, 15) is 9.90 Å². The van der Waals surface area contributed by atoms with Crippen LogP contribution in [0.3, 0.4) is 0 Å². The predicted molar refractivity (Wildman–Crippen MR) is 68.0 cm³/mol. The molecule has 1 saturated heterocycles. The largest absolute Gasteiger partial charge is 0.480 e. The van der Waals surface area contributed by atoms with Crippen molar-refractivity contribution in [2.45, 2.75) is 70.9 Å². The number of hydrogen-bond donors (Lipinski definition) is 1. The maximum atomic E-state index is 11.4. The van der Waals surface area contributed by atoms with Crippen LogP contribution in [0.15, 0.2) is 0 Å². The third kappa shape index (κ3) is 3.01. The summed E-state index contributed by atoms with van der Waals surface area (Å²) in [6.45, 7) is 5.60. The van der Waals surface area contributed by atoms with E-state index in [1.54, 1.807) is 0 Å². The van der Waals surface area contributed by atoms with Crippen molar-refractivity contribution in [2.24, 2.45) is 5.41 Å². The number of likely N-dealkylation sites (tertiary alicyclic amines) is 1. The zero-order valence-corrected chi connectivity index (χ0v) is 11.1. The number of carboxylic acid groups (broad SMARTS) is 1. The summed E-state index contributed by atoms with van der Waals surface area (Å²) in [6.07, 6.45) is 7.85. The molecule has 2 rings (SSSR count). The second-order valence-corrected chi connectivity index (χ2v) is 6.50. The van der Waals surface area contributed by atoms with Gasteiger partial charge in [-0.05, 0) is 44.1 Å². The molecule has 2 aliphatic rings. The van der Waals surface area contributed by atoms with E-state index < -0.39 is 5.97 Å². The molecule has 2 fully saturated rings. The van der Waals surface area contributed by atoms with Gasteiger partial charge < -0.3 is 5.11 Å². The Morgan fingerprint density at radius 1 is 1.24 bits per heavy atom. The Morgan fingerprint density at radius 2 is 2.00 bits per heavy atom. The summed E-state index contributed by atoms with van der Waals surface area (Å²) < 4.78 is 0. The van der Waals surface area contributed by atoms with E-state index in [1.807, 2.05) is 0 Å². The molecule has 0 aromatic carbocycles. The van der Waals surface area contributed by atoms with Crippen molar-refractivity contribution in [3.8, 4) is 0 Å². The quantitative estimate of drug-likeness (QED) is 0.805. The highest BCUT2D eigenvalue weighted by Crippen LogP contribution is 2.40. The van der Waals surface area contributed by atoms with Crippen LogP contribution in [-0.4, -0.2) is 34.6 Å². The van der Waals surface area contributed by atoms with Crippen LogP contribution in [-0.2, 0) is 4.79 Å². The summed E-state index contributed by atoms with van der Waals surface area (Å²) in [7, 11) is 0. The predicted octanol–water partition coefficient (Wildman–Crippen LogP) is 2.89. The van der Waals surface area contributed by atoms with E-state index >= 15 is 0 Å². The van der Waals surface area contributed by atoms with Crippen LogP contribution >= 0.6 is 0 Å². The first kappa shape index (κ1) is 12.9. The topological polar surface area (TPSA) is 40.5 Å². The van der Waals surface area contributed by atoms with E-state index in [2.05, 4.69) is 18.7 Å². The lowest BCUT2D eigenvalue weighted by Crippen LogP contribution is -2.46. The van der Waals surface area contributed by atoms with Crippen molar-refractivity contribution in [3.05, 3.63) is 0 Å². The molecule has 2 atom stereocenters. The maximum absolute atomic E-state index is 11.4. The molecule has 1 heterocycles. The zero-order chi connectivity index (χ0) is 12.5. The highest BCUT2D eigenvalue weighted by molar-refractivity contribution is 5.73. The van der Waals surface area contributed by atoms with Crippen molar-refractivity contribution in [3.63, 3.8) is 0 Å². The molecule has 17 heavy (non-hydrogen) atoms. The van der Waals surface area contributed by atoms with Crippen molar-refractivity contribution in [2.75, 3.05) is 6.54 Å². The molecular weight excluding hydrogens is 214 g/mol. The minimum atomic E-state index is -0.614. The van der Waals surface area contributed by atoms with Gasteiger partial charge in [0, 0.05) is 6.04 Å². The molecule has 0 spiro atoms. The fraction of sp³-hybridized carbons (Fsp3) is 0.929. The van der Waals surface area contributed by atoms with Crippen molar-refractivity contribution in [1.29, 1.82) is 0 Å². The Labute approximate surface area is 104 Å². The van der Waals surface area contributed by atoms with Gasteiger partial charge in [0.15, 0.2) is 0 Å². The van der Waals surface area contributed by atoms with Crippen LogP contribution in [0.5, 0.6) is 0 Å². The Kier molecular flexibility index (Phi) is 3.76. The fourth-order valence-electron chi connectivity index (χ4n) is 3.52. The van der Waals surface area contributed by atoms with E-state index in [0.29, 0.717) is 11.5 Å². The molecule has 1 aliphatic heterocycles. The summed E-state index contributed by atoms with van der Waals surface area (Å²) in [5.41, 5.74) is 0.403. The standard InChI is InChI=1S/C14H25NO2/c1-14(2)8-7-11(10-14)15-9-5-3-4-6-12(15)13(16)17/h11-12H,3-10H2,1-2H3,(H,16,17). The number of aliphatic carboxylic acids is 1. The first-order valence-corrected chi connectivity index (χ1v) is 6.98. The molecule has 3 heteroatoms. The molecular formula is C14H25NO2. The summed E-state index contributed by atoms with van der Waals surface area (Å²) in [5, 5.41) is 9.38. The van der Waals surface area contributed by atoms with E-state index in [0.717, 1.165) is 25.8 Å². The number of hydrogen-bond acceptors (Lipinski definition) is 2. The number of carboxylic acids is 1. The Morgan fingerprint density at radius 3 is 2.59 bits per heavy atom. The normalized spacial score (nSPS) is 34.5. The van der Waals surface area contributed by atoms with Crippen LogP contribution < -0.4 is 0 Å². The fourth-order valence-corrected chi connectivity index (χ4v) is 3.52. The lowest BCUT2D eigenvalue weighted by Gasteiger charge is -2.33. The Bertz CT molecular complexity index is 288. The molecule has 1 N–H and O–H groups in total. The zero-order valence-electron chi connectivity index (χ0n) is 11.1. The summed E-state index contributed by atoms with van der Waals surface area (Å²) in [4.78, 5) is 13.7. The van der Waals surface area contributed by atoms with Gasteiger partial charge in [-0.25, -0.2) is 0 Å². The van der Waals surface area contributed by atoms with E-state index in [-0.39, 0.29) is 6.04 Å². The molecule has 2 unspecified atom stereocenters. The van der Waals surface area contributed by atoms with Gasteiger partial charge in [-0.1, -0.05) is 26.7 Å². The minimum Gasteiger partial charge on any atom is -0.480 e. The molecule has 0 aromatic rings. The number of nitrogens with zero attached hydrogens (tertiary/aromatic N) is 1. The van der Waals surface area contributed by atoms with Gasteiger partial charge in [-0.2, -0.15) is 0 Å². The Hall–Kier alpha value is -0.570. The van der Waals surface area contributed by atoms with Crippen LogP contribution in [0.25, 0.3) is 0 Å². The van der Waals surface area contributed by atoms with Gasteiger partial charge in [0.25, 0.3) is 0 Å². The molecule has 0 radical (unpaired) electrons. The smallest absolute Gasteiger partial charge is 0.320 e. The van der Waals surface area contributed by atoms with Crippen LogP contribution in [0.4, 0.5) is 0 Å². The van der Waals surface area contributed by atoms with E-state index in [4.69, 9.17) is 0 Å². The van der Waals surface area contributed by atoms with Crippen molar-refractivity contribution < 1.29 is 9.90 Å². The van der Waals surface area contributed by atoms with Crippen molar-refractivity contribution in [1.82, 2.24) is 4.90 Å². The SMILES string of the molecule is CC1(C)CCC(N2CCCCCC2C(=O)O)C1. The van der Waals surface area contributed by atoms with Gasteiger partial charge in [-0.3, -0.25) is 9.69 Å². The monoisotopic (exact) mass is 239 g/mol. The average Bonchev–Trinajstić information content (AvgIpc) is 2.51. The lowest BCUT2D eigenvalue weighted by atomic mass is 9.91. The second kappa shape index (κ2) is 4.97. The van der Waals surface area contributed by atoms with Crippen LogP contribution in [0.1, 0.15) is 58.8 Å². The third-order valence-corrected chi connectivity index (χ3v) is 4.49. The summed E-state index contributed by atoms with van der Waals surface area (Å²) in [6, 6.07) is 0.278. The van der Waals surface area contributed by atoms with Gasteiger partial charge in [0.2, 0.25) is 0 Å². The van der Waals surface area contributed by atoms with Crippen LogP contribution in [0.2, 0.25) is 0 Å². The number of carbonyl (C=O) groups is 1. The first-order valence-electron chi connectivity index (χ1n) is 6.98.